The molecule has 136 valence electrons. The summed E-state index contributed by atoms with van der Waals surface area (Å²) in [5.41, 5.74) is 1.51. The molecular weight excluding hydrogens is 362 g/mol. The molecule has 0 bridgehead atoms. The van der Waals surface area contributed by atoms with E-state index in [9.17, 15) is 8.42 Å². The highest BCUT2D eigenvalue weighted by atomic mass is 35.5. The number of aromatic nitrogens is 2. The van der Waals surface area contributed by atoms with Gasteiger partial charge in [-0.1, -0.05) is 23.7 Å². The maximum Gasteiger partial charge on any atom is 0.224 e. The summed E-state index contributed by atoms with van der Waals surface area (Å²) in [5, 5.41) is 6.72. The summed E-state index contributed by atoms with van der Waals surface area (Å²) in [5.74, 6) is 1.11. The predicted molar refractivity (Wildman–Crippen MR) is 102 cm³/mol. The van der Waals surface area contributed by atoms with E-state index in [0.29, 0.717) is 23.1 Å². The largest absolute Gasteiger partial charge is 0.370 e. The van der Waals surface area contributed by atoms with E-state index >= 15 is 0 Å². The zero-order chi connectivity index (χ0) is 18.3. The lowest BCUT2D eigenvalue weighted by Crippen LogP contribution is -2.30. The monoisotopic (exact) mass is 383 g/mol. The number of rotatable bonds is 9. The first kappa shape index (κ1) is 19.4. The van der Waals surface area contributed by atoms with Crippen molar-refractivity contribution in [2.45, 2.75) is 19.6 Å². The Labute approximate surface area is 153 Å². The quantitative estimate of drug-likeness (QED) is 0.575. The fourth-order valence-corrected chi connectivity index (χ4v) is 3.42. The van der Waals surface area contributed by atoms with Crippen LogP contribution in [0.4, 0.5) is 11.8 Å². The van der Waals surface area contributed by atoms with Crippen LogP contribution in [0.25, 0.3) is 0 Å². The molecule has 1 heterocycles. The zero-order valence-corrected chi connectivity index (χ0v) is 15.8. The minimum Gasteiger partial charge on any atom is -0.370 e. The SMILES string of the molecule is CCNc1cc(C)nc(NCCNS(=O)(=O)Cc2ccc(Cl)cc2)n1. The molecule has 2 rings (SSSR count). The van der Waals surface area contributed by atoms with Gasteiger partial charge in [0.25, 0.3) is 0 Å². The number of nitrogens with zero attached hydrogens (tertiary/aromatic N) is 2. The third-order valence-corrected chi connectivity index (χ3v) is 4.82. The van der Waals surface area contributed by atoms with Crippen LogP contribution >= 0.6 is 11.6 Å². The minimum atomic E-state index is -3.41. The van der Waals surface area contributed by atoms with Crippen LogP contribution in [-0.4, -0.2) is 38.0 Å². The second kappa shape index (κ2) is 8.98. The van der Waals surface area contributed by atoms with Gasteiger partial charge in [-0.05, 0) is 31.5 Å². The second-order valence-corrected chi connectivity index (χ2v) is 7.70. The average Bonchev–Trinajstić information content (AvgIpc) is 2.53. The number of nitrogens with one attached hydrogen (secondary N) is 3. The van der Waals surface area contributed by atoms with Crippen LogP contribution in [0.5, 0.6) is 0 Å². The van der Waals surface area contributed by atoms with Gasteiger partial charge in [0, 0.05) is 36.4 Å². The van der Waals surface area contributed by atoms with E-state index in [1.165, 1.54) is 0 Å². The van der Waals surface area contributed by atoms with Crippen molar-refractivity contribution in [2.24, 2.45) is 0 Å². The highest BCUT2D eigenvalue weighted by molar-refractivity contribution is 7.88. The molecule has 0 atom stereocenters. The molecule has 0 spiro atoms. The van der Waals surface area contributed by atoms with E-state index in [0.717, 1.165) is 18.1 Å². The molecule has 25 heavy (non-hydrogen) atoms. The lowest BCUT2D eigenvalue weighted by Gasteiger charge is -2.10. The van der Waals surface area contributed by atoms with Gasteiger partial charge in [0.1, 0.15) is 5.82 Å². The molecule has 1 aromatic carbocycles. The van der Waals surface area contributed by atoms with Crippen molar-refractivity contribution in [1.82, 2.24) is 14.7 Å². The van der Waals surface area contributed by atoms with Crippen molar-refractivity contribution in [3.05, 3.63) is 46.6 Å². The van der Waals surface area contributed by atoms with E-state index in [1.54, 1.807) is 24.3 Å². The van der Waals surface area contributed by atoms with E-state index in [1.807, 2.05) is 19.9 Å². The van der Waals surface area contributed by atoms with E-state index in [-0.39, 0.29) is 12.3 Å². The second-order valence-electron chi connectivity index (χ2n) is 5.46. The molecule has 7 nitrogen and oxygen atoms in total. The number of hydrogen-bond donors (Lipinski definition) is 3. The first-order valence-electron chi connectivity index (χ1n) is 7.93. The Morgan fingerprint density at radius 3 is 2.48 bits per heavy atom. The Morgan fingerprint density at radius 1 is 1.08 bits per heavy atom. The van der Waals surface area contributed by atoms with Gasteiger partial charge in [-0.2, -0.15) is 4.98 Å². The molecule has 3 N–H and O–H groups in total. The predicted octanol–water partition coefficient (Wildman–Crippen LogP) is 2.40. The molecule has 0 saturated heterocycles. The number of halogens is 1. The molecule has 1 aromatic heterocycles. The van der Waals surface area contributed by atoms with Crippen molar-refractivity contribution in [1.29, 1.82) is 0 Å². The number of benzene rings is 1. The van der Waals surface area contributed by atoms with Crippen LogP contribution in [0.3, 0.4) is 0 Å². The van der Waals surface area contributed by atoms with Crippen LogP contribution in [0, 0.1) is 6.92 Å². The lowest BCUT2D eigenvalue weighted by atomic mass is 10.2. The fourth-order valence-electron chi connectivity index (χ4n) is 2.15. The molecule has 0 aliphatic rings. The lowest BCUT2D eigenvalue weighted by molar-refractivity contribution is 0.582. The van der Waals surface area contributed by atoms with Gasteiger partial charge in [-0.3, -0.25) is 0 Å². The Hall–Kier alpha value is -1.90. The first-order valence-corrected chi connectivity index (χ1v) is 9.96. The number of hydrogen-bond acceptors (Lipinski definition) is 6. The third kappa shape index (κ3) is 6.85. The normalized spacial score (nSPS) is 11.3. The van der Waals surface area contributed by atoms with Crippen LogP contribution < -0.4 is 15.4 Å². The summed E-state index contributed by atoms with van der Waals surface area (Å²) in [6.45, 7) is 5.25. The van der Waals surface area contributed by atoms with E-state index in [4.69, 9.17) is 11.6 Å². The molecule has 9 heteroatoms. The molecule has 0 unspecified atom stereocenters. The van der Waals surface area contributed by atoms with Gasteiger partial charge in [0.2, 0.25) is 16.0 Å². The molecule has 2 aromatic rings. The summed E-state index contributed by atoms with van der Waals surface area (Å²) in [6.07, 6.45) is 0. The van der Waals surface area contributed by atoms with Crippen molar-refractivity contribution in [3.8, 4) is 0 Å². The summed E-state index contributed by atoms with van der Waals surface area (Å²) in [6, 6.07) is 8.59. The highest BCUT2D eigenvalue weighted by Crippen LogP contribution is 2.12. The molecule has 0 amide bonds. The molecule has 0 aliphatic carbocycles. The van der Waals surface area contributed by atoms with Crippen LogP contribution in [0.1, 0.15) is 18.2 Å². The number of aryl methyl sites for hydroxylation is 1. The summed E-state index contributed by atoms with van der Waals surface area (Å²) < 4.78 is 26.7. The Kier molecular flexibility index (Phi) is 6.98. The van der Waals surface area contributed by atoms with Gasteiger partial charge in [0.05, 0.1) is 5.75 Å². The molecular formula is C16H22ClN5O2S. The smallest absolute Gasteiger partial charge is 0.224 e. The topological polar surface area (TPSA) is 96.0 Å². The summed E-state index contributed by atoms with van der Waals surface area (Å²) in [4.78, 5) is 8.58. The third-order valence-electron chi connectivity index (χ3n) is 3.21. The van der Waals surface area contributed by atoms with Crippen molar-refractivity contribution < 1.29 is 8.42 Å². The molecule has 0 radical (unpaired) electrons. The van der Waals surface area contributed by atoms with E-state index in [2.05, 4.69) is 25.3 Å². The zero-order valence-electron chi connectivity index (χ0n) is 14.2. The van der Waals surface area contributed by atoms with Crippen LogP contribution in [0.2, 0.25) is 5.02 Å². The Bertz CT molecular complexity index is 797. The van der Waals surface area contributed by atoms with Crippen molar-refractivity contribution in [3.63, 3.8) is 0 Å². The van der Waals surface area contributed by atoms with Gasteiger partial charge >= 0.3 is 0 Å². The minimum absolute atomic E-state index is 0.0876. The summed E-state index contributed by atoms with van der Waals surface area (Å²) in [7, 11) is -3.41. The molecule has 0 aliphatic heterocycles. The number of anilines is 2. The van der Waals surface area contributed by atoms with Crippen molar-refractivity contribution >= 4 is 33.4 Å². The Morgan fingerprint density at radius 2 is 1.80 bits per heavy atom. The number of sulfonamides is 1. The first-order chi connectivity index (χ1) is 11.9. The maximum absolute atomic E-state index is 12.1. The van der Waals surface area contributed by atoms with Crippen LogP contribution in [0.15, 0.2) is 30.3 Å². The van der Waals surface area contributed by atoms with Gasteiger partial charge < -0.3 is 10.6 Å². The maximum atomic E-state index is 12.1. The standard InChI is InChI=1S/C16H22ClN5O2S/c1-3-18-15-10-12(2)21-16(22-15)19-8-9-20-25(23,24)11-13-4-6-14(17)7-5-13/h4-7,10,20H,3,8-9,11H2,1-2H3,(H2,18,19,21,22). The van der Waals surface area contributed by atoms with Gasteiger partial charge in [-0.15, -0.1) is 0 Å². The average molecular weight is 384 g/mol. The Balaban J connectivity index is 1.82. The highest BCUT2D eigenvalue weighted by Gasteiger charge is 2.11. The summed E-state index contributed by atoms with van der Waals surface area (Å²) >= 11 is 5.80. The van der Waals surface area contributed by atoms with Gasteiger partial charge in [-0.25, -0.2) is 18.1 Å². The molecule has 0 fully saturated rings. The van der Waals surface area contributed by atoms with E-state index < -0.39 is 10.0 Å². The fraction of sp³-hybridized carbons (Fsp3) is 0.375. The van der Waals surface area contributed by atoms with Crippen LogP contribution in [-0.2, 0) is 15.8 Å². The molecule has 0 saturated carbocycles. The van der Waals surface area contributed by atoms with Gasteiger partial charge in [0.15, 0.2) is 0 Å². The van der Waals surface area contributed by atoms with Crippen molar-refractivity contribution in [2.75, 3.05) is 30.3 Å².